The van der Waals surface area contributed by atoms with Gasteiger partial charge in [-0.15, -0.1) is 0 Å². The standard InChI is InChI=1S/C6H9BO/c1-4-5(2)7-8-6(4)3/h1-3H3. The van der Waals surface area contributed by atoms with Crippen LogP contribution >= 0.6 is 0 Å². The first-order valence-corrected chi connectivity index (χ1v) is 2.73. The quantitative estimate of drug-likeness (QED) is 0.491. The van der Waals surface area contributed by atoms with Crippen LogP contribution in [0.25, 0.3) is 0 Å². The molecular weight excluding hydrogens is 98.9 g/mol. The fourth-order valence-corrected chi connectivity index (χ4v) is 0.631. The van der Waals surface area contributed by atoms with Crippen LogP contribution in [0, 0.1) is 20.8 Å². The summed E-state index contributed by atoms with van der Waals surface area (Å²) in [5.74, 6) is 1.03. The second-order valence-corrected chi connectivity index (χ2v) is 2.10. The first-order valence-electron chi connectivity index (χ1n) is 2.73. The predicted molar refractivity (Wildman–Crippen MR) is 34.3 cm³/mol. The molecule has 1 nitrogen and oxygen atoms in total. The zero-order valence-corrected chi connectivity index (χ0v) is 5.49. The van der Waals surface area contributed by atoms with Crippen LogP contribution in [0.5, 0.6) is 0 Å². The molecule has 0 bridgehead atoms. The van der Waals surface area contributed by atoms with Gasteiger partial charge in [0.25, 0.3) is 0 Å². The van der Waals surface area contributed by atoms with E-state index in [2.05, 4.69) is 6.92 Å². The van der Waals surface area contributed by atoms with Gasteiger partial charge < -0.3 is 0 Å². The van der Waals surface area contributed by atoms with Crippen LogP contribution in [0.4, 0.5) is 0 Å². The average molecular weight is 108 g/mol. The summed E-state index contributed by atoms with van der Waals surface area (Å²) in [5, 5.41) is 0. The van der Waals surface area contributed by atoms with Crippen molar-refractivity contribution < 1.29 is 4.33 Å². The summed E-state index contributed by atoms with van der Waals surface area (Å²) in [5.41, 5.74) is 2.51. The summed E-state index contributed by atoms with van der Waals surface area (Å²) in [4.78, 5) is 0. The number of hydrogen-bond donors (Lipinski definition) is 0. The molecule has 1 aromatic rings. The Balaban J connectivity index is 3.19. The Morgan fingerprint density at radius 1 is 1.25 bits per heavy atom. The van der Waals surface area contributed by atoms with Crippen molar-refractivity contribution in [1.29, 1.82) is 0 Å². The van der Waals surface area contributed by atoms with Gasteiger partial charge in [0, 0.05) is 0 Å². The number of hydrogen-bond acceptors (Lipinski definition) is 1. The summed E-state index contributed by atoms with van der Waals surface area (Å²) in [6.07, 6.45) is 0. The van der Waals surface area contributed by atoms with E-state index in [1.54, 1.807) is 7.13 Å². The Morgan fingerprint density at radius 2 is 1.88 bits per heavy atom. The third-order valence-electron chi connectivity index (χ3n) is 1.53. The predicted octanol–water partition coefficient (Wildman–Crippen LogP) is 1.54. The minimum atomic E-state index is 1.03. The molecule has 0 N–H and O–H groups in total. The van der Waals surface area contributed by atoms with Gasteiger partial charge in [-0.1, -0.05) is 0 Å². The van der Waals surface area contributed by atoms with Gasteiger partial charge in [0.15, 0.2) is 0 Å². The van der Waals surface area contributed by atoms with Gasteiger partial charge in [0.2, 0.25) is 0 Å². The Kier molecular flexibility index (Phi) is 1.24. The summed E-state index contributed by atoms with van der Waals surface area (Å²) in [7, 11) is 1.78. The molecule has 0 aliphatic rings. The first-order chi connectivity index (χ1) is 3.72. The van der Waals surface area contributed by atoms with Crippen LogP contribution in [0.15, 0.2) is 4.33 Å². The molecule has 42 valence electrons. The monoisotopic (exact) mass is 108 g/mol. The van der Waals surface area contributed by atoms with Crippen LogP contribution in [0.3, 0.4) is 0 Å². The first kappa shape index (κ1) is 5.61. The molecule has 1 aromatic heterocycles. The Morgan fingerprint density at radius 3 is 2.00 bits per heavy atom. The SMILES string of the molecule is Cc1boc(C)c1C. The van der Waals surface area contributed by atoms with Crippen molar-refractivity contribution >= 4 is 7.13 Å². The zero-order valence-electron chi connectivity index (χ0n) is 5.49. The summed E-state index contributed by atoms with van der Waals surface area (Å²) in [6, 6.07) is 0. The molecular formula is C6H9BO. The van der Waals surface area contributed by atoms with E-state index in [9.17, 15) is 0 Å². The van der Waals surface area contributed by atoms with Crippen LogP contribution in [0.1, 0.15) is 16.8 Å². The van der Waals surface area contributed by atoms with E-state index in [0.29, 0.717) is 0 Å². The maximum atomic E-state index is 5.09. The van der Waals surface area contributed by atoms with Crippen molar-refractivity contribution in [3.63, 3.8) is 0 Å². The van der Waals surface area contributed by atoms with Gasteiger partial charge in [-0.2, -0.15) is 0 Å². The molecule has 0 amide bonds. The van der Waals surface area contributed by atoms with Crippen LogP contribution < -0.4 is 0 Å². The Labute approximate surface area is 50.0 Å². The van der Waals surface area contributed by atoms with Crippen LogP contribution in [-0.2, 0) is 0 Å². The molecule has 0 aliphatic carbocycles. The van der Waals surface area contributed by atoms with E-state index in [4.69, 9.17) is 4.33 Å². The van der Waals surface area contributed by atoms with Gasteiger partial charge >= 0.3 is 49.0 Å². The van der Waals surface area contributed by atoms with E-state index in [1.165, 1.54) is 11.0 Å². The summed E-state index contributed by atoms with van der Waals surface area (Å²) < 4.78 is 5.09. The van der Waals surface area contributed by atoms with E-state index < -0.39 is 0 Å². The molecule has 1 rings (SSSR count). The summed E-state index contributed by atoms with van der Waals surface area (Å²) in [6.45, 7) is 6.09. The molecule has 2 heteroatoms. The molecule has 0 saturated carbocycles. The van der Waals surface area contributed by atoms with Crippen molar-refractivity contribution in [2.24, 2.45) is 0 Å². The van der Waals surface area contributed by atoms with Crippen molar-refractivity contribution in [3.05, 3.63) is 16.8 Å². The fraction of sp³-hybridized carbons (Fsp3) is 0.500. The molecule has 0 aliphatic heterocycles. The average Bonchev–Trinajstić information content (AvgIpc) is 1.98. The van der Waals surface area contributed by atoms with Crippen LogP contribution in [-0.4, -0.2) is 7.13 Å². The Bertz CT molecular complexity index is 171. The third kappa shape index (κ3) is 0.704. The van der Waals surface area contributed by atoms with Gasteiger partial charge in [0.05, 0.1) is 0 Å². The molecule has 0 radical (unpaired) electrons. The normalized spacial score (nSPS) is 9.38. The zero-order chi connectivity index (χ0) is 6.15. The van der Waals surface area contributed by atoms with E-state index in [-0.39, 0.29) is 0 Å². The molecule has 0 spiro atoms. The van der Waals surface area contributed by atoms with Gasteiger partial charge in [-0.05, 0) is 0 Å². The molecule has 0 atom stereocenters. The van der Waals surface area contributed by atoms with Gasteiger partial charge in [-0.3, -0.25) is 0 Å². The molecule has 8 heavy (non-hydrogen) atoms. The fourth-order valence-electron chi connectivity index (χ4n) is 0.631. The maximum absolute atomic E-state index is 5.09. The number of rotatable bonds is 0. The minimum absolute atomic E-state index is 1.03. The molecule has 1 heterocycles. The van der Waals surface area contributed by atoms with Crippen molar-refractivity contribution in [2.45, 2.75) is 20.8 Å². The van der Waals surface area contributed by atoms with Gasteiger partial charge in [-0.25, -0.2) is 0 Å². The molecule has 0 aromatic carbocycles. The second-order valence-electron chi connectivity index (χ2n) is 2.10. The second kappa shape index (κ2) is 1.77. The van der Waals surface area contributed by atoms with E-state index >= 15 is 0 Å². The van der Waals surface area contributed by atoms with Crippen molar-refractivity contribution in [3.8, 4) is 0 Å². The molecule has 0 fully saturated rings. The number of aryl methyl sites for hydroxylation is 2. The van der Waals surface area contributed by atoms with Crippen LogP contribution in [0.2, 0.25) is 0 Å². The van der Waals surface area contributed by atoms with Gasteiger partial charge in [0.1, 0.15) is 0 Å². The van der Waals surface area contributed by atoms with Crippen molar-refractivity contribution in [1.82, 2.24) is 0 Å². The Hall–Kier alpha value is -0.525. The molecule has 0 saturated heterocycles. The van der Waals surface area contributed by atoms with E-state index in [0.717, 1.165) is 5.76 Å². The summed E-state index contributed by atoms with van der Waals surface area (Å²) >= 11 is 0. The van der Waals surface area contributed by atoms with Crippen molar-refractivity contribution in [2.75, 3.05) is 0 Å². The molecule has 0 unspecified atom stereocenters. The third-order valence-corrected chi connectivity index (χ3v) is 1.53. The topological polar surface area (TPSA) is 13.1 Å². The van der Waals surface area contributed by atoms with E-state index in [1.807, 2.05) is 13.8 Å².